The van der Waals surface area contributed by atoms with Crippen LogP contribution in [0.5, 0.6) is 11.5 Å². The molecular formula is C25H31NO4. The zero-order valence-electron chi connectivity index (χ0n) is 18.1. The molecule has 1 aliphatic heterocycles. The van der Waals surface area contributed by atoms with Gasteiger partial charge in [0.15, 0.2) is 0 Å². The molecule has 4 rings (SSSR count). The van der Waals surface area contributed by atoms with Gasteiger partial charge in [-0.1, -0.05) is 31.0 Å². The van der Waals surface area contributed by atoms with Crippen molar-refractivity contribution in [3.05, 3.63) is 59.2 Å². The highest BCUT2D eigenvalue weighted by atomic mass is 16.5. The van der Waals surface area contributed by atoms with E-state index in [4.69, 9.17) is 9.47 Å². The molecule has 5 heteroatoms. The summed E-state index contributed by atoms with van der Waals surface area (Å²) < 4.78 is 11.2. The summed E-state index contributed by atoms with van der Waals surface area (Å²) in [6.45, 7) is 2.49. The lowest BCUT2D eigenvalue weighted by atomic mass is 9.65. The van der Waals surface area contributed by atoms with E-state index in [0.29, 0.717) is 18.5 Å². The summed E-state index contributed by atoms with van der Waals surface area (Å²) in [5.74, 6) is 1.42. The minimum absolute atomic E-state index is 0.00981. The molecule has 30 heavy (non-hydrogen) atoms. The second-order valence-corrected chi connectivity index (χ2v) is 8.57. The van der Waals surface area contributed by atoms with Crippen molar-refractivity contribution in [1.29, 1.82) is 0 Å². The van der Waals surface area contributed by atoms with E-state index in [1.54, 1.807) is 14.2 Å². The van der Waals surface area contributed by atoms with Crippen molar-refractivity contribution in [2.75, 3.05) is 20.8 Å². The van der Waals surface area contributed by atoms with Gasteiger partial charge < -0.3 is 19.5 Å². The topological polar surface area (TPSA) is 59.0 Å². The van der Waals surface area contributed by atoms with E-state index in [-0.39, 0.29) is 17.9 Å². The van der Waals surface area contributed by atoms with E-state index < -0.39 is 5.60 Å². The van der Waals surface area contributed by atoms with Crippen LogP contribution >= 0.6 is 0 Å². The number of piperidine rings is 1. The zero-order valence-corrected chi connectivity index (χ0v) is 18.1. The second-order valence-electron chi connectivity index (χ2n) is 8.57. The Labute approximate surface area is 178 Å². The van der Waals surface area contributed by atoms with Gasteiger partial charge in [0.1, 0.15) is 11.5 Å². The molecule has 0 unspecified atom stereocenters. The third-order valence-electron chi connectivity index (χ3n) is 6.96. The fourth-order valence-electron chi connectivity index (χ4n) is 5.33. The molecule has 2 aromatic rings. The number of rotatable bonds is 4. The molecule has 2 aromatic carbocycles. The maximum atomic E-state index is 13.7. The van der Waals surface area contributed by atoms with E-state index >= 15 is 0 Å². The number of hydrogen-bond acceptors (Lipinski definition) is 4. The lowest BCUT2D eigenvalue weighted by Crippen LogP contribution is -2.56. The van der Waals surface area contributed by atoms with Crippen LogP contribution in [0.15, 0.2) is 42.5 Å². The molecule has 1 N–H and O–H groups in total. The first-order chi connectivity index (χ1) is 14.5. The molecule has 0 spiro atoms. The van der Waals surface area contributed by atoms with E-state index in [0.717, 1.165) is 48.3 Å². The van der Waals surface area contributed by atoms with Crippen molar-refractivity contribution in [2.24, 2.45) is 5.92 Å². The predicted octanol–water partition coefficient (Wildman–Crippen LogP) is 4.52. The Morgan fingerprint density at radius 2 is 1.90 bits per heavy atom. The number of nitrogens with zero attached hydrogens (tertiary/aromatic N) is 1. The number of hydrogen-bond donors (Lipinski definition) is 1. The number of carbonyl (C=O) groups is 1. The molecule has 160 valence electrons. The van der Waals surface area contributed by atoms with Gasteiger partial charge in [-0.05, 0) is 56.0 Å². The van der Waals surface area contributed by atoms with Gasteiger partial charge in [-0.25, -0.2) is 0 Å². The van der Waals surface area contributed by atoms with E-state index in [1.165, 1.54) is 0 Å². The van der Waals surface area contributed by atoms with Crippen LogP contribution < -0.4 is 9.47 Å². The first-order valence-electron chi connectivity index (χ1n) is 10.8. The third-order valence-corrected chi connectivity index (χ3v) is 6.96. The average molecular weight is 410 g/mol. The summed E-state index contributed by atoms with van der Waals surface area (Å²) in [6, 6.07) is 13.2. The number of aryl methyl sites for hydroxylation is 1. The minimum atomic E-state index is -0.750. The normalized spacial score (nSPS) is 26.1. The Kier molecular flexibility index (Phi) is 5.74. The maximum absolute atomic E-state index is 13.7. The van der Waals surface area contributed by atoms with Crippen LogP contribution in [0.3, 0.4) is 0 Å². The summed E-state index contributed by atoms with van der Waals surface area (Å²) in [5.41, 5.74) is 1.83. The van der Waals surface area contributed by atoms with Gasteiger partial charge in [-0.15, -0.1) is 0 Å². The number of carbonyl (C=O) groups excluding carboxylic acids is 1. The standard InChI is InChI=1S/C25H31NO4/c1-17-8-4-5-9-19(17)24(27)26-15-14-25(28)13-7-6-10-21(25)23(26)20-16-18(29-2)11-12-22(20)30-3/h4-5,8-9,11-12,16,21,23,28H,6-7,10,13-15H2,1-3H3/t21-,23-,25-/m1/s1. The van der Waals surface area contributed by atoms with Crippen LogP contribution in [0.25, 0.3) is 0 Å². The van der Waals surface area contributed by atoms with Crippen molar-refractivity contribution in [3.63, 3.8) is 0 Å². The molecule has 1 saturated heterocycles. The van der Waals surface area contributed by atoms with Crippen LogP contribution in [0, 0.1) is 12.8 Å². The number of fused-ring (bicyclic) bond motifs is 1. The Balaban J connectivity index is 1.84. The molecule has 2 fully saturated rings. The molecule has 1 amide bonds. The molecule has 5 nitrogen and oxygen atoms in total. The highest BCUT2D eigenvalue weighted by Crippen LogP contribution is 2.51. The Bertz CT molecular complexity index is 927. The number of amides is 1. The zero-order chi connectivity index (χ0) is 21.3. The first-order valence-corrected chi connectivity index (χ1v) is 10.8. The van der Waals surface area contributed by atoms with Gasteiger partial charge in [-0.3, -0.25) is 4.79 Å². The van der Waals surface area contributed by atoms with Crippen LogP contribution in [0.2, 0.25) is 0 Å². The van der Waals surface area contributed by atoms with Crippen LogP contribution in [0.1, 0.15) is 59.6 Å². The highest BCUT2D eigenvalue weighted by Gasteiger charge is 2.51. The fraction of sp³-hybridized carbons (Fsp3) is 0.480. The van der Waals surface area contributed by atoms with Gasteiger partial charge in [-0.2, -0.15) is 0 Å². The highest BCUT2D eigenvalue weighted by molar-refractivity contribution is 5.96. The van der Waals surface area contributed by atoms with Crippen molar-refractivity contribution < 1.29 is 19.4 Å². The quantitative estimate of drug-likeness (QED) is 0.807. The molecule has 0 aromatic heterocycles. The molecule has 2 aliphatic rings. The number of methoxy groups -OCH3 is 2. The van der Waals surface area contributed by atoms with E-state index in [2.05, 4.69) is 0 Å². The van der Waals surface area contributed by atoms with Crippen LogP contribution in [0.4, 0.5) is 0 Å². The van der Waals surface area contributed by atoms with E-state index in [9.17, 15) is 9.90 Å². The van der Waals surface area contributed by atoms with Crippen molar-refractivity contribution >= 4 is 5.91 Å². The number of aliphatic hydroxyl groups is 1. The summed E-state index contributed by atoms with van der Waals surface area (Å²) >= 11 is 0. The first kappa shape index (κ1) is 20.7. The minimum Gasteiger partial charge on any atom is -0.497 e. The number of ether oxygens (including phenoxy) is 2. The van der Waals surface area contributed by atoms with E-state index in [1.807, 2.05) is 54.3 Å². The molecular weight excluding hydrogens is 378 g/mol. The summed E-state index contributed by atoms with van der Waals surface area (Å²) in [7, 11) is 3.29. The SMILES string of the molecule is COc1ccc(OC)c([C@@H]2[C@H]3CCCC[C@@]3(O)CCN2C(=O)c2ccccc2C)c1. The molecule has 1 heterocycles. The summed E-state index contributed by atoms with van der Waals surface area (Å²) in [4.78, 5) is 15.7. The Hall–Kier alpha value is -2.53. The second kappa shape index (κ2) is 8.31. The summed E-state index contributed by atoms with van der Waals surface area (Å²) in [5, 5.41) is 11.5. The van der Waals surface area contributed by atoms with Gasteiger partial charge in [0.25, 0.3) is 5.91 Å². The average Bonchev–Trinajstić information content (AvgIpc) is 2.77. The largest absolute Gasteiger partial charge is 0.497 e. The molecule has 1 saturated carbocycles. The van der Waals surface area contributed by atoms with Crippen LogP contribution in [-0.4, -0.2) is 42.3 Å². The monoisotopic (exact) mass is 409 g/mol. The maximum Gasteiger partial charge on any atom is 0.254 e. The Morgan fingerprint density at radius 1 is 1.10 bits per heavy atom. The van der Waals surface area contributed by atoms with Gasteiger partial charge in [0.05, 0.1) is 25.9 Å². The van der Waals surface area contributed by atoms with Crippen molar-refractivity contribution in [3.8, 4) is 11.5 Å². The molecule has 1 aliphatic carbocycles. The fourth-order valence-corrected chi connectivity index (χ4v) is 5.33. The van der Waals surface area contributed by atoms with Gasteiger partial charge >= 0.3 is 0 Å². The molecule has 3 atom stereocenters. The van der Waals surface area contributed by atoms with Crippen LogP contribution in [-0.2, 0) is 0 Å². The van der Waals surface area contributed by atoms with Crippen molar-refractivity contribution in [2.45, 2.75) is 50.7 Å². The smallest absolute Gasteiger partial charge is 0.254 e. The lowest BCUT2D eigenvalue weighted by Gasteiger charge is -2.52. The van der Waals surface area contributed by atoms with Gasteiger partial charge in [0, 0.05) is 23.6 Å². The van der Waals surface area contributed by atoms with Crippen molar-refractivity contribution in [1.82, 2.24) is 4.90 Å². The molecule has 0 bridgehead atoms. The lowest BCUT2D eigenvalue weighted by molar-refractivity contribution is -0.115. The number of likely N-dealkylation sites (tertiary alicyclic amines) is 1. The third kappa shape index (κ3) is 3.56. The van der Waals surface area contributed by atoms with Gasteiger partial charge in [0.2, 0.25) is 0 Å². The number of benzene rings is 2. The molecule has 0 radical (unpaired) electrons. The Morgan fingerprint density at radius 3 is 2.63 bits per heavy atom. The predicted molar refractivity (Wildman–Crippen MR) is 116 cm³/mol. The summed E-state index contributed by atoms with van der Waals surface area (Å²) in [6.07, 6.45) is 4.37.